The van der Waals surface area contributed by atoms with Gasteiger partial charge in [0.05, 0.1) is 10.6 Å². The maximum Gasteiger partial charge on any atom is 0.177 e. The summed E-state index contributed by atoms with van der Waals surface area (Å²) >= 11 is 1.75. The summed E-state index contributed by atoms with van der Waals surface area (Å²) in [5.41, 5.74) is 4.87. The zero-order chi connectivity index (χ0) is 17.5. The summed E-state index contributed by atoms with van der Waals surface area (Å²) in [6.07, 6.45) is 4.44. The van der Waals surface area contributed by atoms with Gasteiger partial charge in [-0.3, -0.25) is 9.88 Å². The summed E-state index contributed by atoms with van der Waals surface area (Å²) in [5.74, 6) is 0.905. The number of hydrogen-bond donors (Lipinski definition) is 1. The van der Waals surface area contributed by atoms with Gasteiger partial charge in [-0.05, 0) is 55.1 Å². The first-order chi connectivity index (χ1) is 12.8. The molecule has 0 bridgehead atoms. The van der Waals surface area contributed by atoms with E-state index in [1.165, 1.54) is 36.4 Å². The van der Waals surface area contributed by atoms with Gasteiger partial charge in [-0.15, -0.1) is 11.3 Å². The number of aromatic nitrogens is 5. The third-order valence-electron chi connectivity index (χ3n) is 4.88. The highest BCUT2D eigenvalue weighted by molar-refractivity contribution is 7.13. The van der Waals surface area contributed by atoms with E-state index in [9.17, 15) is 0 Å². The number of hydrogen-bond acceptors (Lipinski definition) is 5. The van der Waals surface area contributed by atoms with Crippen molar-refractivity contribution in [1.29, 1.82) is 0 Å². The molecule has 0 radical (unpaired) electrons. The van der Waals surface area contributed by atoms with Crippen LogP contribution in [0.15, 0.2) is 35.8 Å². The van der Waals surface area contributed by atoms with Gasteiger partial charge in [0.1, 0.15) is 11.2 Å². The monoisotopic (exact) mass is 364 g/mol. The van der Waals surface area contributed by atoms with Crippen LogP contribution in [0.5, 0.6) is 0 Å². The second-order valence-electron chi connectivity index (χ2n) is 6.77. The first-order valence-corrected chi connectivity index (χ1v) is 9.80. The Hall–Kier alpha value is -2.51. The lowest BCUT2D eigenvalue weighted by Crippen LogP contribution is -2.17. The lowest BCUT2D eigenvalue weighted by molar-refractivity contribution is 0.332. The highest BCUT2D eigenvalue weighted by Gasteiger charge is 2.18. The number of thiophene rings is 1. The van der Waals surface area contributed by atoms with Crippen LogP contribution in [0.1, 0.15) is 18.4 Å². The Morgan fingerprint density at radius 2 is 2.12 bits per heavy atom. The Bertz CT molecular complexity index is 1040. The van der Waals surface area contributed by atoms with Crippen molar-refractivity contribution in [2.45, 2.75) is 19.4 Å². The lowest BCUT2D eigenvalue weighted by Gasteiger charge is -2.12. The summed E-state index contributed by atoms with van der Waals surface area (Å²) in [5, 5.41) is 6.83. The molecule has 4 aromatic rings. The van der Waals surface area contributed by atoms with E-state index in [0.29, 0.717) is 0 Å². The summed E-state index contributed by atoms with van der Waals surface area (Å²) in [7, 11) is 1.92. The topological polar surface area (TPSA) is 62.6 Å². The van der Waals surface area contributed by atoms with E-state index in [2.05, 4.69) is 31.4 Å². The molecule has 6 nitrogen and oxygen atoms in total. The van der Waals surface area contributed by atoms with Crippen LogP contribution in [0.3, 0.4) is 0 Å². The van der Waals surface area contributed by atoms with Crippen LogP contribution in [-0.2, 0) is 13.6 Å². The van der Waals surface area contributed by atoms with E-state index in [-0.39, 0.29) is 0 Å². The predicted molar refractivity (Wildman–Crippen MR) is 104 cm³/mol. The van der Waals surface area contributed by atoms with Crippen molar-refractivity contribution in [3.05, 3.63) is 41.4 Å². The van der Waals surface area contributed by atoms with Gasteiger partial charge in [-0.25, -0.2) is 9.67 Å². The van der Waals surface area contributed by atoms with Crippen LogP contribution in [0.2, 0.25) is 0 Å². The number of likely N-dealkylation sites (tertiary alicyclic amines) is 1. The second-order valence-corrected chi connectivity index (χ2v) is 7.68. The molecule has 4 aromatic heterocycles. The molecule has 1 saturated heterocycles. The van der Waals surface area contributed by atoms with Crippen LogP contribution >= 0.6 is 11.3 Å². The van der Waals surface area contributed by atoms with E-state index < -0.39 is 0 Å². The van der Waals surface area contributed by atoms with Crippen molar-refractivity contribution in [1.82, 2.24) is 29.6 Å². The van der Waals surface area contributed by atoms with Gasteiger partial charge in [0, 0.05) is 19.8 Å². The average Bonchev–Trinajstić information content (AvgIpc) is 3.42. The number of nitrogens with zero attached hydrogens (tertiary/aromatic N) is 5. The molecular formula is C19H20N6S. The molecule has 26 heavy (non-hydrogen) atoms. The molecule has 0 amide bonds. The molecular weight excluding hydrogens is 344 g/mol. The molecule has 1 fully saturated rings. The van der Waals surface area contributed by atoms with Gasteiger partial charge < -0.3 is 4.98 Å². The number of fused-ring (bicyclic) bond motifs is 1. The Morgan fingerprint density at radius 1 is 1.23 bits per heavy atom. The summed E-state index contributed by atoms with van der Waals surface area (Å²) in [6, 6.07) is 8.12. The van der Waals surface area contributed by atoms with Crippen LogP contribution < -0.4 is 0 Å². The number of H-pyrrole nitrogens is 1. The molecule has 0 spiro atoms. The van der Waals surface area contributed by atoms with E-state index >= 15 is 0 Å². The molecule has 1 aliphatic rings. The SMILES string of the molecule is Cn1nc(-c2ccccn2)c2[nH]c(-c3cc(CN4CCCC4)cs3)nc21. The maximum atomic E-state index is 4.79. The quantitative estimate of drug-likeness (QED) is 0.600. The van der Waals surface area contributed by atoms with E-state index in [0.717, 1.165) is 34.9 Å². The van der Waals surface area contributed by atoms with Gasteiger partial charge in [-0.2, -0.15) is 5.10 Å². The van der Waals surface area contributed by atoms with E-state index in [1.807, 2.05) is 29.9 Å². The molecule has 5 heterocycles. The fourth-order valence-corrected chi connectivity index (χ4v) is 4.44. The van der Waals surface area contributed by atoms with E-state index in [4.69, 9.17) is 4.98 Å². The third kappa shape index (κ3) is 2.73. The van der Waals surface area contributed by atoms with Crippen LogP contribution in [0.25, 0.3) is 33.3 Å². The number of pyridine rings is 1. The van der Waals surface area contributed by atoms with Crippen molar-refractivity contribution in [3.8, 4) is 22.1 Å². The fraction of sp³-hybridized carbons (Fsp3) is 0.316. The molecule has 0 aromatic carbocycles. The van der Waals surface area contributed by atoms with Gasteiger partial charge in [0.2, 0.25) is 0 Å². The first-order valence-electron chi connectivity index (χ1n) is 8.92. The van der Waals surface area contributed by atoms with Crippen LogP contribution in [0.4, 0.5) is 0 Å². The standard InChI is InChI=1S/C19H20N6S/c1-24-19-17(16(23-24)14-6-2-3-7-20-14)21-18(22-19)15-10-13(12-26-15)11-25-8-4-5-9-25/h2-3,6-7,10,12H,4-5,8-9,11H2,1H3,(H,21,22). The van der Waals surface area contributed by atoms with Crippen LogP contribution in [-0.4, -0.2) is 42.7 Å². The molecule has 0 saturated carbocycles. The Kier molecular flexibility index (Phi) is 3.83. The zero-order valence-electron chi connectivity index (χ0n) is 14.6. The van der Waals surface area contributed by atoms with E-state index in [1.54, 1.807) is 17.5 Å². The highest BCUT2D eigenvalue weighted by Crippen LogP contribution is 2.31. The maximum absolute atomic E-state index is 4.79. The molecule has 0 aliphatic carbocycles. The lowest BCUT2D eigenvalue weighted by atomic mass is 10.2. The minimum absolute atomic E-state index is 0.843. The largest absolute Gasteiger partial charge is 0.334 e. The summed E-state index contributed by atoms with van der Waals surface area (Å²) in [4.78, 5) is 16.4. The molecule has 1 aliphatic heterocycles. The number of aromatic amines is 1. The van der Waals surface area contributed by atoms with Crippen molar-refractivity contribution in [2.75, 3.05) is 13.1 Å². The van der Waals surface area contributed by atoms with Gasteiger partial charge >= 0.3 is 0 Å². The number of rotatable bonds is 4. The normalized spacial score (nSPS) is 15.3. The van der Waals surface area contributed by atoms with Crippen molar-refractivity contribution < 1.29 is 0 Å². The van der Waals surface area contributed by atoms with Crippen molar-refractivity contribution in [3.63, 3.8) is 0 Å². The molecule has 132 valence electrons. The minimum Gasteiger partial charge on any atom is -0.334 e. The third-order valence-corrected chi connectivity index (χ3v) is 5.86. The second kappa shape index (κ2) is 6.34. The number of aryl methyl sites for hydroxylation is 1. The Balaban J connectivity index is 1.49. The number of nitrogens with one attached hydrogen (secondary N) is 1. The molecule has 5 rings (SSSR count). The summed E-state index contributed by atoms with van der Waals surface area (Å²) < 4.78 is 1.82. The first kappa shape index (κ1) is 15.7. The van der Waals surface area contributed by atoms with Crippen molar-refractivity contribution >= 4 is 22.5 Å². The van der Waals surface area contributed by atoms with Gasteiger partial charge in [0.15, 0.2) is 11.5 Å². The highest BCUT2D eigenvalue weighted by atomic mass is 32.1. The fourth-order valence-electron chi connectivity index (χ4n) is 3.59. The smallest absolute Gasteiger partial charge is 0.177 e. The minimum atomic E-state index is 0.843. The Morgan fingerprint density at radius 3 is 2.92 bits per heavy atom. The molecule has 0 unspecified atom stereocenters. The van der Waals surface area contributed by atoms with Crippen molar-refractivity contribution in [2.24, 2.45) is 7.05 Å². The van der Waals surface area contributed by atoms with Crippen LogP contribution in [0, 0.1) is 0 Å². The molecule has 7 heteroatoms. The summed E-state index contributed by atoms with van der Waals surface area (Å²) in [6.45, 7) is 3.47. The predicted octanol–water partition coefficient (Wildman–Crippen LogP) is 3.68. The zero-order valence-corrected chi connectivity index (χ0v) is 15.5. The average molecular weight is 364 g/mol. The Labute approximate surface area is 155 Å². The van der Waals surface area contributed by atoms with Gasteiger partial charge in [0.25, 0.3) is 0 Å². The van der Waals surface area contributed by atoms with Gasteiger partial charge in [-0.1, -0.05) is 6.07 Å². The molecule has 0 atom stereocenters. The molecule has 1 N–H and O–H groups in total. The number of imidazole rings is 1.